The highest BCUT2D eigenvalue weighted by Gasteiger charge is 2.43. The minimum absolute atomic E-state index is 0.153. The molecule has 0 N–H and O–H groups in total. The van der Waals surface area contributed by atoms with Gasteiger partial charge in [-0.05, 0) is 12.8 Å². The monoisotopic (exact) mass is 570 g/mol. The van der Waals surface area contributed by atoms with Gasteiger partial charge in [-0.25, -0.2) is 33.7 Å². The molecule has 0 aliphatic rings. The van der Waals surface area contributed by atoms with Crippen molar-refractivity contribution in [2.24, 2.45) is 10.8 Å². The van der Waals surface area contributed by atoms with Crippen LogP contribution in [0, 0.1) is 10.8 Å². The fourth-order valence-electron chi connectivity index (χ4n) is 3.65. The van der Waals surface area contributed by atoms with Gasteiger partial charge in [0, 0.05) is 32.5 Å². The Hall–Kier alpha value is -1.80. The van der Waals surface area contributed by atoms with Crippen LogP contribution >= 0.6 is 0 Å². The second-order valence-electron chi connectivity index (χ2n) is 8.37. The maximum atomic E-state index is 12.4. The molecule has 0 aliphatic carbocycles. The van der Waals surface area contributed by atoms with Gasteiger partial charge in [-0.15, -0.1) is 13.2 Å². The molecule has 0 fully saturated rings. The van der Waals surface area contributed by atoms with Gasteiger partial charge in [0.25, 0.3) is 0 Å². The lowest BCUT2D eigenvalue weighted by Crippen LogP contribution is -2.46. The lowest BCUT2D eigenvalue weighted by Gasteiger charge is -2.35. The van der Waals surface area contributed by atoms with Crippen molar-refractivity contribution in [1.82, 2.24) is 0 Å². The molecule has 0 unspecified atom stereocenters. The molecule has 0 bridgehead atoms. The Bertz CT molecular complexity index is 1130. The van der Waals surface area contributed by atoms with Crippen LogP contribution in [0.4, 0.5) is 0 Å². The number of allylic oxidation sites excluding steroid dienone is 2. The summed E-state index contributed by atoms with van der Waals surface area (Å²) in [6.07, 6.45) is 3.26. The van der Waals surface area contributed by atoms with Crippen LogP contribution in [0.5, 0.6) is 0 Å². The second-order valence-corrected chi connectivity index (χ2v) is 16.2. The van der Waals surface area contributed by atoms with Crippen molar-refractivity contribution in [3.8, 4) is 0 Å². The van der Waals surface area contributed by atoms with Crippen molar-refractivity contribution in [2.45, 2.75) is 12.8 Å². The highest BCUT2D eigenvalue weighted by molar-refractivity contribution is 7.96. The fraction of sp³-hybridized carbons (Fsp3) is 0.455. The van der Waals surface area contributed by atoms with E-state index in [0.717, 1.165) is 5.41 Å². The standard InChI is InChI=1S/C22H34O9S4/c1-7-13-21(14-8-2,17-32(23,24)9-3)15-31-16-22(18-33(25,26)10-4,19-34(27,28)11-5)20-35(29,30)12-6/h7-12H,1-6,13-20H2. The van der Waals surface area contributed by atoms with Crippen LogP contribution in [0.1, 0.15) is 12.8 Å². The van der Waals surface area contributed by atoms with E-state index in [1.807, 2.05) is 0 Å². The number of hydrogen-bond donors (Lipinski definition) is 0. The summed E-state index contributed by atoms with van der Waals surface area (Å²) in [4.78, 5) is 0. The van der Waals surface area contributed by atoms with E-state index in [0.29, 0.717) is 16.2 Å². The van der Waals surface area contributed by atoms with Crippen LogP contribution in [0.3, 0.4) is 0 Å². The topological polar surface area (TPSA) is 146 Å². The lowest BCUT2D eigenvalue weighted by atomic mass is 9.84. The van der Waals surface area contributed by atoms with E-state index < -0.39 is 79.8 Å². The Balaban J connectivity index is 6.59. The number of ether oxygens (including phenoxy) is 1. The zero-order valence-electron chi connectivity index (χ0n) is 19.7. The predicted octanol–water partition coefficient (Wildman–Crippen LogP) is 2.36. The zero-order chi connectivity index (χ0) is 27.6. The van der Waals surface area contributed by atoms with Gasteiger partial charge < -0.3 is 4.74 Å². The lowest BCUT2D eigenvalue weighted by molar-refractivity contribution is 0.0207. The third-order valence-electron chi connectivity index (χ3n) is 5.02. The highest BCUT2D eigenvalue weighted by Crippen LogP contribution is 2.33. The summed E-state index contributed by atoms with van der Waals surface area (Å²) in [5, 5.41) is 2.58. The van der Waals surface area contributed by atoms with Crippen LogP contribution in [0.2, 0.25) is 0 Å². The van der Waals surface area contributed by atoms with Gasteiger partial charge >= 0.3 is 0 Å². The molecule has 35 heavy (non-hydrogen) atoms. The maximum absolute atomic E-state index is 12.4. The average molecular weight is 571 g/mol. The Morgan fingerprint density at radius 1 is 0.486 bits per heavy atom. The molecule has 13 heteroatoms. The van der Waals surface area contributed by atoms with Gasteiger partial charge in [-0.3, -0.25) is 0 Å². The van der Waals surface area contributed by atoms with Gasteiger partial charge in [-0.1, -0.05) is 38.5 Å². The minimum atomic E-state index is -4.11. The normalized spacial score (nSPS) is 13.5. The van der Waals surface area contributed by atoms with Gasteiger partial charge in [0.15, 0.2) is 39.3 Å². The van der Waals surface area contributed by atoms with Crippen molar-refractivity contribution in [2.75, 3.05) is 36.2 Å². The summed E-state index contributed by atoms with van der Waals surface area (Å²) in [7, 11) is -16.1. The van der Waals surface area contributed by atoms with Gasteiger partial charge in [0.2, 0.25) is 0 Å². The summed E-state index contributed by atoms with van der Waals surface area (Å²) in [5.41, 5.74) is -3.06. The van der Waals surface area contributed by atoms with Crippen molar-refractivity contribution >= 4 is 39.3 Å². The van der Waals surface area contributed by atoms with Crippen LogP contribution in [0.15, 0.2) is 73.3 Å². The highest BCUT2D eigenvalue weighted by atomic mass is 32.2. The number of hydrogen-bond acceptors (Lipinski definition) is 9. The van der Waals surface area contributed by atoms with Crippen molar-refractivity contribution in [3.63, 3.8) is 0 Å². The largest absolute Gasteiger partial charge is 0.380 e. The summed E-state index contributed by atoms with van der Waals surface area (Å²) in [6.45, 7) is 19.2. The number of sulfone groups is 4. The Morgan fingerprint density at radius 3 is 1.00 bits per heavy atom. The van der Waals surface area contributed by atoms with E-state index in [-0.39, 0.29) is 19.4 Å². The van der Waals surface area contributed by atoms with E-state index in [1.54, 1.807) is 0 Å². The van der Waals surface area contributed by atoms with E-state index in [4.69, 9.17) is 4.74 Å². The number of rotatable bonds is 20. The molecule has 0 spiro atoms. The van der Waals surface area contributed by atoms with E-state index in [9.17, 15) is 33.7 Å². The second kappa shape index (κ2) is 12.9. The molecular weight excluding hydrogens is 537 g/mol. The summed E-state index contributed by atoms with van der Waals surface area (Å²) < 4.78 is 105. The van der Waals surface area contributed by atoms with Crippen LogP contribution in [-0.4, -0.2) is 69.9 Å². The van der Waals surface area contributed by atoms with E-state index >= 15 is 0 Å². The molecule has 0 radical (unpaired) electrons. The smallest absolute Gasteiger partial charge is 0.171 e. The molecule has 0 aliphatic heterocycles. The first-order valence-corrected chi connectivity index (χ1v) is 17.0. The molecule has 0 amide bonds. The summed E-state index contributed by atoms with van der Waals surface area (Å²) >= 11 is 0. The Morgan fingerprint density at radius 2 is 0.743 bits per heavy atom. The fourth-order valence-corrected chi connectivity index (χ4v) is 9.10. The molecule has 200 valence electrons. The van der Waals surface area contributed by atoms with Gasteiger partial charge in [0.1, 0.15) is 0 Å². The zero-order valence-corrected chi connectivity index (χ0v) is 22.9. The Kier molecular flexibility index (Phi) is 12.3. The predicted molar refractivity (Wildman–Crippen MR) is 141 cm³/mol. The molecule has 9 nitrogen and oxygen atoms in total. The SMILES string of the molecule is C=CCC(CC=C)(COCC(CS(=O)(=O)C=C)(CS(=O)(=O)C=C)CS(=O)(=O)C=C)CS(=O)(=O)C=C. The molecule has 0 aromatic carbocycles. The van der Waals surface area contributed by atoms with Crippen molar-refractivity contribution in [3.05, 3.63) is 73.3 Å². The van der Waals surface area contributed by atoms with Crippen molar-refractivity contribution < 1.29 is 38.4 Å². The quantitative estimate of drug-likeness (QED) is 0.201. The van der Waals surface area contributed by atoms with E-state index in [1.165, 1.54) is 12.2 Å². The molecule has 0 saturated heterocycles. The molecular formula is C22H34O9S4. The molecule has 0 atom stereocenters. The maximum Gasteiger partial charge on any atom is 0.171 e. The van der Waals surface area contributed by atoms with Crippen LogP contribution < -0.4 is 0 Å². The van der Waals surface area contributed by atoms with Gasteiger partial charge in [-0.2, -0.15) is 0 Å². The Labute approximate surface area is 210 Å². The van der Waals surface area contributed by atoms with Crippen LogP contribution in [-0.2, 0) is 44.1 Å². The first kappa shape index (κ1) is 33.2. The van der Waals surface area contributed by atoms with Gasteiger partial charge in [0.05, 0.1) is 36.2 Å². The molecule has 0 aromatic rings. The molecule has 0 saturated carbocycles. The first-order valence-electron chi connectivity index (χ1n) is 10.1. The molecule has 0 aromatic heterocycles. The third-order valence-corrected chi connectivity index (χ3v) is 11.1. The van der Waals surface area contributed by atoms with E-state index in [2.05, 4.69) is 39.5 Å². The first-order chi connectivity index (χ1) is 15.9. The molecule has 0 heterocycles. The summed E-state index contributed by atoms with van der Waals surface area (Å²) in [6, 6.07) is 0. The minimum Gasteiger partial charge on any atom is -0.380 e. The average Bonchev–Trinajstić information content (AvgIpc) is 2.72. The summed E-state index contributed by atoms with van der Waals surface area (Å²) in [5.74, 6) is -3.14. The van der Waals surface area contributed by atoms with Crippen LogP contribution in [0.25, 0.3) is 0 Å². The van der Waals surface area contributed by atoms with Crippen molar-refractivity contribution in [1.29, 1.82) is 0 Å². The molecule has 0 rings (SSSR count). The third kappa shape index (κ3) is 11.7.